The third-order valence-corrected chi connectivity index (χ3v) is 8.06. The molecule has 210 valence electrons. The molecular weight excluding hydrogens is 569 g/mol. The fourth-order valence-electron chi connectivity index (χ4n) is 3.77. The first kappa shape index (κ1) is 28.5. The molecule has 0 aliphatic rings. The van der Waals surface area contributed by atoms with Crippen molar-refractivity contribution in [2.45, 2.75) is 31.3 Å². The van der Waals surface area contributed by atoms with Gasteiger partial charge in [-0.3, -0.25) is 4.79 Å². The zero-order chi connectivity index (χ0) is 29.6. The normalized spacial score (nSPS) is 11.8. The van der Waals surface area contributed by atoms with Crippen LogP contribution >= 0.6 is 11.3 Å². The van der Waals surface area contributed by atoms with E-state index in [-0.39, 0.29) is 14.7 Å². The Hall–Kier alpha value is -4.50. The third kappa shape index (κ3) is 5.08. The number of aromatic nitrogens is 2. The van der Waals surface area contributed by atoms with Crippen molar-refractivity contribution >= 4 is 50.0 Å². The lowest BCUT2D eigenvalue weighted by Crippen LogP contribution is -2.41. The molecule has 1 amide bonds. The number of nitrogens with one attached hydrogen (secondary N) is 1. The number of hydrogen-bond donors (Lipinski definition) is 2. The van der Waals surface area contributed by atoms with Crippen molar-refractivity contribution in [3.8, 4) is 11.4 Å². The Kier molecular flexibility index (Phi) is 7.30. The number of amides is 1. The van der Waals surface area contributed by atoms with Crippen LogP contribution < -0.4 is 20.3 Å². The van der Waals surface area contributed by atoms with Crippen LogP contribution in [0.15, 0.2) is 62.3 Å². The second-order valence-electron chi connectivity index (χ2n) is 9.27. The number of rotatable bonds is 6. The molecule has 4 aromatic rings. The molecule has 4 rings (SSSR count). The van der Waals surface area contributed by atoms with Crippen molar-refractivity contribution < 1.29 is 37.0 Å². The standard InChI is InChI=1S/C25H22FN3O9S2/c1-25(2,3)38-24(34)29(40(35,36)13-8-6-5-7-9-13)17-11-16(14(26)10-18(17)37-4)28-21(30)19-15(27-23(28)33)12-39-20(19)22(31)32/h5-12H,1-4H3,(H,27,33)(H,31,32). The largest absolute Gasteiger partial charge is 0.494 e. The molecule has 0 aliphatic carbocycles. The quantitative estimate of drug-likeness (QED) is 0.340. The minimum absolute atomic E-state index is 0.0789. The molecule has 0 aliphatic heterocycles. The summed E-state index contributed by atoms with van der Waals surface area (Å²) in [6.07, 6.45) is -1.38. The SMILES string of the molecule is COc1cc(F)c(-n2c(=O)[nH]c3csc(C(=O)O)c3c2=O)cc1N(C(=O)OC(C)(C)C)S(=O)(=O)c1ccccc1. The summed E-state index contributed by atoms with van der Waals surface area (Å²) in [4.78, 5) is 52.8. The van der Waals surface area contributed by atoms with E-state index < -0.39 is 72.1 Å². The van der Waals surface area contributed by atoms with Gasteiger partial charge in [0.15, 0.2) is 5.82 Å². The highest BCUT2D eigenvalue weighted by Crippen LogP contribution is 2.37. The van der Waals surface area contributed by atoms with Crippen molar-refractivity contribution in [1.82, 2.24) is 9.55 Å². The van der Waals surface area contributed by atoms with Crippen LogP contribution in [-0.2, 0) is 14.8 Å². The summed E-state index contributed by atoms with van der Waals surface area (Å²) in [5.41, 5.74) is -4.91. The highest BCUT2D eigenvalue weighted by Gasteiger charge is 2.37. The first-order chi connectivity index (χ1) is 18.7. The third-order valence-electron chi connectivity index (χ3n) is 5.40. The number of fused-ring (bicyclic) bond motifs is 1. The van der Waals surface area contributed by atoms with Gasteiger partial charge in [-0.25, -0.2) is 31.8 Å². The Labute approximate surface area is 229 Å². The fraction of sp³-hybridized carbons (Fsp3) is 0.200. The molecule has 2 aromatic heterocycles. The second kappa shape index (κ2) is 10.2. The van der Waals surface area contributed by atoms with Gasteiger partial charge in [-0.15, -0.1) is 11.3 Å². The number of carboxylic acid groups (broad SMARTS) is 1. The van der Waals surface area contributed by atoms with E-state index in [0.717, 1.165) is 13.2 Å². The van der Waals surface area contributed by atoms with Crippen molar-refractivity contribution in [2.75, 3.05) is 11.4 Å². The number of aromatic carboxylic acids is 1. The van der Waals surface area contributed by atoms with Crippen LogP contribution in [0, 0.1) is 5.82 Å². The van der Waals surface area contributed by atoms with Gasteiger partial charge >= 0.3 is 17.8 Å². The summed E-state index contributed by atoms with van der Waals surface area (Å²) in [5, 5.41) is 10.3. The molecule has 0 saturated carbocycles. The highest BCUT2D eigenvalue weighted by atomic mass is 32.2. The molecule has 2 heterocycles. The molecule has 0 atom stereocenters. The van der Waals surface area contributed by atoms with Crippen molar-refractivity contribution in [1.29, 1.82) is 0 Å². The maximum absolute atomic E-state index is 15.4. The molecule has 2 N–H and O–H groups in total. The van der Waals surface area contributed by atoms with Crippen LogP contribution in [0.25, 0.3) is 16.6 Å². The summed E-state index contributed by atoms with van der Waals surface area (Å²) >= 11 is 0.681. The molecule has 40 heavy (non-hydrogen) atoms. The van der Waals surface area contributed by atoms with Crippen molar-refractivity contribution in [2.24, 2.45) is 0 Å². The lowest BCUT2D eigenvalue weighted by atomic mass is 10.2. The van der Waals surface area contributed by atoms with Gasteiger partial charge in [-0.05, 0) is 39.0 Å². The molecule has 0 bridgehead atoms. The first-order valence-electron chi connectivity index (χ1n) is 11.4. The van der Waals surface area contributed by atoms with E-state index in [1.807, 2.05) is 0 Å². The number of benzene rings is 2. The number of nitrogens with zero attached hydrogens (tertiary/aromatic N) is 2. The maximum Gasteiger partial charge on any atom is 0.429 e. The van der Waals surface area contributed by atoms with E-state index in [4.69, 9.17) is 9.47 Å². The number of carbonyl (C=O) groups is 2. The number of hydrogen-bond acceptors (Lipinski definition) is 9. The van der Waals surface area contributed by atoms with Gasteiger partial charge in [0.1, 0.15) is 21.9 Å². The molecule has 0 spiro atoms. The number of methoxy groups -OCH3 is 1. The number of sulfonamides is 1. The fourth-order valence-corrected chi connectivity index (χ4v) is 5.94. The van der Waals surface area contributed by atoms with E-state index >= 15 is 4.39 Å². The van der Waals surface area contributed by atoms with Gasteiger partial charge in [-0.1, -0.05) is 18.2 Å². The number of ether oxygens (including phenoxy) is 2. The average Bonchev–Trinajstić information content (AvgIpc) is 3.29. The van der Waals surface area contributed by atoms with Crippen LogP contribution in [0.4, 0.5) is 14.9 Å². The molecule has 0 unspecified atom stereocenters. The number of thiophene rings is 1. The molecule has 15 heteroatoms. The smallest absolute Gasteiger partial charge is 0.429 e. The van der Waals surface area contributed by atoms with Crippen LogP contribution in [-0.4, -0.2) is 47.8 Å². The molecule has 0 fully saturated rings. The predicted octanol–water partition coefficient (Wildman–Crippen LogP) is 3.72. The number of carboxylic acids is 1. The summed E-state index contributed by atoms with van der Waals surface area (Å²) in [6, 6.07) is 8.27. The van der Waals surface area contributed by atoms with Gasteiger partial charge in [0, 0.05) is 11.4 Å². The summed E-state index contributed by atoms with van der Waals surface area (Å²) in [7, 11) is -3.63. The first-order valence-corrected chi connectivity index (χ1v) is 13.7. The molecule has 0 saturated heterocycles. The number of aromatic amines is 1. The number of halogens is 1. The number of anilines is 1. The second-order valence-corrected chi connectivity index (χ2v) is 11.9. The Balaban J connectivity index is 2.07. The van der Waals surface area contributed by atoms with Gasteiger partial charge in [0.25, 0.3) is 15.6 Å². The molecule has 2 aromatic carbocycles. The average molecular weight is 592 g/mol. The minimum Gasteiger partial charge on any atom is -0.494 e. The van der Waals surface area contributed by atoms with Crippen molar-refractivity contribution in [3.05, 3.63) is 79.4 Å². The van der Waals surface area contributed by atoms with Gasteiger partial charge in [-0.2, -0.15) is 4.31 Å². The van der Waals surface area contributed by atoms with Crippen LogP contribution in [0.2, 0.25) is 0 Å². The molecular formula is C25H22FN3O9S2. The maximum atomic E-state index is 15.4. The monoisotopic (exact) mass is 591 g/mol. The Morgan fingerprint density at radius 1 is 1.12 bits per heavy atom. The topological polar surface area (TPSA) is 165 Å². The van der Waals surface area contributed by atoms with E-state index in [2.05, 4.69) is 4.98 Å². The summed E-state index contributed by atoms with van der Waals surface area (Å²) in [5.74, 6) is -3.10. The minimum atomic E-state index is -4.73. The zero-order valence-corrected chi connectivity index (χ0v) is 23.1. The van der Waals surface area contributed by atoms with E-state index in [1.165, 1.54) is 50.4 Å². The van der Waals surface area contributed by atoms with Crippen LogP contribution in [0.5, 0.6) is 5.75 Å². The lowest BCUT2D eigenvalue weighted by molar-refractivity contribution is 0.0606. The van der Waals surface area contributed by atoms with E-state index in [0.29, 0.717) is 22.0 Å². The number of H-pyrrole nitrogens is 1. The predicted molar refractivity (Wildman–Crippen MR) is 144 cm³/mol. The Bertz CT molecular complexity index is 1870. The van der Waals surface area contributed by atoms with E-state index in [9.17, 15) is 32.7 Å². The molecule has 0 radical (unpaired) electrons. The Morgan fingerprint density at radius 3 is 2.35 bits per heavy atom. The number of carbonyl (C=O) groups excluding carboxylic acids is 1. The van der Waals surface area contributed by atoms with Crippen LogP contribution in [0.1, 0.15) is 30.4 Å². The van der Waals surface area contributed by atoms with Crippen LogP contribution in [0.3, 0.4) is 0 Å². The summed E-state index contributed by atoms with van der Waals surface area (Å²) in [6.45, 7) is 4.50. The molecule has 12 nitrogen and oxygen atoms in total. The Morgan fingerprint density at radius 2 is 1.77 bits per heavy atom. The highest BCUT2D eigenvalue weighted by molar-refractivity contribution is 7.93. The lowest BCUT2D eigenvalue weighted by Gasteiger charge is -2.28. The summed E-state index contributed by atoms with van der Waals surface area (Å²) < 4.78 is 53.9. The van der Waals surface area contributed by atoms with E-state index in [1.54, 1.807) is 6.07 Å². The zero-order valence-electron chi connectivity index (χ0n) is 21.4. The van der Waals surface area contributed by atoms with Gasteiger partial charge in [0.05, 0.1) is 28.6 Å². The van der Waals surface area contributed by atoms with Gasteiger partial charge in [0.2, 0.25) is 0 Å². The van der Waals surface area contributed by atoms with Crippen molar-refractivity contribution in [3.63, 3.8) is 0 Å². The van der Waals surface area contributed by atoms with Gasteiger partial charge < -0.3 is 19.6 Å².